The highest BCUT2D eigenvalue weighted by atomic mass is 16.3. The lowest BCUT2D eigenvalue weighted by atomic mass is 9.88. The van der Waals surface area contributed by atoms with Gasteiger partial charge in [-0.25, -0.2) is 0 Å². The minimum Gasteiger partial charge on any atom is -0.398 e. The normalized spacial score (nSPS) is 15.6. The predicted molar refractivity (Wildman–Crippen MR) is 76.5 cm³/mol. The Bertz CT molecular complexity index is 453. The van der Waals surface area contributed by atoms with Gasteiger partial charge in [-0.2, -0.15) is 0 Å². The van der Waals surface area contributed by atoms with Crippen LogP contribution in [-0.2, 0) is 4.79 Å². The van der Waals surface area contributed by atoms with Crippen LogP contribution in [0.3, 0.4) is 0 Å². The van der Waals surface area contributed by atoms with Gasteiger partial charge in [0.2, 0.25) is 5.91 Å². The van der Waals surface area contributed by atoms with Crippen molar-refractivity contribution >= 4 is 17.3 Å². The van der Waals surface area contributed by atoms with Gasteiger partial charge >= 0.3 is 0 Å². The Morgan fingerprint density at radius 3 is 2.21 bits per heavy atom. The number of likely N-dealkylation sites (N-methyl/N-ethyl adjacent to an activating group) is 1. The maximum absolute atomic E-state index is 11.5. The fourth-order valence-corrected chi connectivity index (χ4v) is 2.18. The highest BCUT2D eigenvalue weighted by Crippen LogP contribution is 2.32. The van der Waals surface area contributed by atoms with Gasteiger partial charge in [-0.3, -0.25) is 4.79 Å². The minimum atomic E-state index is -1.06. The third kappa shape index (κ3) is 3.15. The molecule has 1 aromatic rings. The van der Waals surface area contributed by atoms with Crippen LogP contribution in [0.4, 0.5) is 11.4 Å². The van der Waals surface area contributed by atoms with Gasteiger partial charge in [0.1, 0.15) is 6.04 Å². The van der Waals surface area contributed by atoms with Crippen molar-refractivity contribution in [3.05, 3.63) is 23.3 Å². The molecule has 0 saturated carbocycles. The van der Waals surface area contributed by atoms with Crippen LogP contribution in [0, 0.1) is 6.92 Å². The van der Waals surface area contributed by atoms with E-state index in [1.807, 2.05) is 6.92 Å². The van der Waals surface area contributed by atoms with Gasteiger partial charge in [-0.05, 0) is 24.6 Å². The Balaban J connectivity index is 3.07. The first-order valence-electron chi connectivity index (χ1n) is 6.10. The van der Waals surface area contributed by atoms with Crippen molar-refractivity contribution in [2.75, 3.05) is 18.5 Å². The van der Waals surface area contributed by atoms with Gasteiger partial charge < -0.3 is 27.6 Å². The quantitative estimate of drug-likeness (QED) is 0.478. The summed E-state index contributed by atoms with van der Waals surface area (Å²) in [7, 11) is 1.47. The van der Waals surface area contributed by atoms with Gasteiger partial charge in [-0.1, -0.05) is 6.92 Å². The molecular formula is C13H22N4O2. The number of nitrogens with two attached hydrogens (primary N) is 3. The molecule has 3 atom stereocenters. The molecule has 0 bridgehead atoms. The second-order valence-corrected chi connectivity index (χ2v) is 4.78. The van der Waals surface area contributed by atoms with Crippen LogP contribution >= 0.6 is 0 Å². The molecule has 0 aliphatic carbocycles. The van der Waals surface area contributed by atoms with Gasteiger partial charge in [-0.15, -0.1) is 0 Å². The van der Waals surface area contributed by atoms with Crippen molar-refractivity contribution in [1.82, 2.24) is 5.32 Å². The van der Waals surface area contributed by atoms with Crippen LogP contribution in [0.2, 0.25) is 0 Å². The zero-order valence-electron chi connectivity index (χ0n) is 11.5. The number of nitrogens with one attached hydrogen (secondary N) is 1. The fourth-order valence-electron chi connectivity index (χ4n) is 2.18. The van der Waals surface area contributed by atoms with Crippen molar-refractivity contribution in [1.29, 1.82) is 0 Å². The summed E-state index contributed by atoms with van der Waals surface area (Å²) in [5, 5.41) is 12.6. The predicted octanol–water partition coefficient (Wildman–Crippen LogP) is -0.303. The number of aliphatic hydroxyl groups is 1. The molecule has 0 aliphatic heterocycles. The minimum absolute atomic E-state index is 0.427. The maximum atomic E-state index is 11.5. The highest BCUT2D eigenvalue weighted by molar-refractivity contribution is 5.82. The lowest BCUT2D eigenvalue weighted by molar-refractivity contribution is -0.124. The Hall–Kier alpha value is -1.79. The second-order valence-electron chi connectivity index (χ2n) is 4.78. The smallest absolute Gasteiger partial charge is 0.239 e. The summed E-state index contributed by atoms with van der Waals surface area (Å²) in [6.45, 7) is 3.62. The van der Waals surface area contributed by atoms with E-state index in [4.69, 9.17) is 17.2 Å². The highest BCUT2D eigenvalue weighted by Gasteiger charge is 2.29. The molecular weight excluding hydrogens is 244 g/mol. The van der Waals surface area contributed by atoms with Gasteiger partial charge in [0, 0.05) is 29.9 Å². The third-order valence-electron chi connectivity index (χ3n) is 3.27. The summed E-state index contributed by atoms with van der Waals surface area (Å²) in [5.74, 6) is -0.864. The number of aryl methyl sites for hydroxylation is 1. The molecule has 1 aromatic carbocycles. The first-order chi connectivity index (χ1) is 8.79. The van der Waals surface area contributed by atoms with Crippen LogP contribution in [0.25, 0.3) is 0 Å². The average Bonchev–Trinajstić information content (AvgIpc) is 2.34. The van der Waals surface area contributed by atoms with E-state index in [-0.39, 0.29) is 0 Å². The first kappa shape index (κ1) is 15.3. The molecule has 0 spiro atoms. The lowest BCUT2D eigenvalue weighted by Crippen LogP contribution is -2.49. The number of amides is 1. The molecule has 0 aliphatic rings. The fraction of sp³-hybridized carbons (Fsp3) is 0.462. The SMILES string of the molecule is CNC(=O)C(N)C(O)C(C)c1c(N)cc(C)cc1N. The van der Waals surface area contributed by atoms with E-state index in [1.165, 1.54) is 7.05 Å². The largest absolute Gasteiger partial charge is 0.398 e. The molecule has 19 heavy (non-hydrogen) atoms. The lowest BCUT2D eigenvalue weighted by Gasteiger charge is -2.26. The molecule has 1 rings (SSSR count). The summed E-state index contributed by atoms with van der Waals surface area (Å²) in [6.07, 6.45) is -1.06. The molecule has 1 amide bonds. The molecule has 0 saturated heterocycles. The van der Waals surface area contributed by atoms with Crippen molar-refractivity contribution in [2.24, 2.45) is 5.73 Å². The molecule has 106 valence electrons. The third-order valence-corrected chi connectivity index (χ3v) is 3.27. The molecule has 0 aromatic heterocycles. The standard InChI is InChI=1S/C13H22N4O2/c1-6-4-8(14)10(9(15)5-6)7(2)12(18)11(16)13(19)17-3/h4-5,7,11-12,18H,14-16H2,1-3H3,(H,17,19). The molecule has 8 N–H and O–H groups in total. The Labute approximate surface area is 113 Å². The van der Waals surface area contributed by atoms with Crippen LogP contribution in [0.15, 0.2) is 12.1 Å². The number of hydrogen-bond acceptors (Lipinski definition) is 5. The monoisotopic (exact) mass is 266 g/mol. The summed E-state index contributed by atoms with van der Waals surface area (Å²) < 4.78 is 0. The number of anilines is 2. The Morgan fingerprint density at radius 2 is 1.79 bits per heavy atom. The number of carbonyl (C=O) groups is 1. The van der Waals surface area contributed by atoms with E-state index in [0.717, 1.165) is 5.56 Å². The van der Waals surface area contributed by atoms with Crippen molar-refractivity contribution in [3.8, 4) is 0 Å². The zero-order chi connectivity index (χ0) is 14.7. The van der Waals surface area contributed by atoms with Crippen LogP contribution in [0.1, 0.15) is 24.0 Å². The van der Waals surface area contributed by atoms with E-state index in [9.17, 15) is 9.90 Å². The van der Waals surface area contributed by atoms with Crippen LogP contribution < -0.4 is 22.5 Å². The summed E-state index contributed by atoms with van der Waals surface area (Å²) in [6, 6.07) is 2.53. The molecule has 0 heterocycles. The van der Waals surface area contributed by atoms with E-state index in [0.29, 0.717) is 16.9 Å². The average molecular weight is 266 g/mol. The maximum Gasteiger partial charge on any atom is 0.239 e. The van der Waals surface area contributed by atoms with Crippen LogP contribution in [-0.4, -0.2) is 30.2 Å². The van der Waals surface area contributed by atoms with Gasteiger partial charge in [0.05, 0.1) is 6.10 Å². The van der Waals surface area contributed by atoms with Gasteiger partial charge in [0.15, 0.2) is 0 Å². The zero-order valence-corrected chi connectivity index (χ0v) is 11.5. The number of aliphatic hydroxyl groups excluding tert-OH is 1. The molecule has 3 unspecified atom stereocenters. The van der Waals surface area contributed by atoms with E-state index >= 15 is 0 Å². The van der Waals surface area contributed by atoms with E-state index in [1.54, 1.807) is 19.1 Å². The summed E-state index contributed by atoms with van der Waals surface area (Å²) >= 11 is 0. The van der Waals surface area contributed by atoms with Crippen LogP contribution in [0.5, 0.6) is 0 Å². The van der Waals surface area contributed by atoms with Crippen molar-refractivity contribution in [2.45, 2.75) is 31.9 Å². The first-order valence-corrected chi connectivity index (χ1v) is 6.10. The summed E-state index contributed by atoms with van der Waals surface area (Å²) in [4.78, 5) is 11.5. The van der Waals surface area contributed by atoms with Crippen molar-refractivity contribution in [3.63, 3.8) is 0 Å². The number of benzene rings is 1. The molecule has 6 nitrogen and oxygen atoms in total. The Kier molecular flexibility index (Phi) is 4.74. The molecule has 6 heteroatoms. The number of rotatable bonds is 4. The molecule has 0 radical (unpaired) electrons. The van der Waals surface area contributed by atoms with E-state index < -0.39 is 24.0 Å². The number of carbonyl (C=O) groups excluding carboxylic acids is 1. The topological polar surface area (TPSA) is 127 Å². The number of nitrogen functional groups attached to an aromatic ring is 2. The molecule has 0 fully saturated rings. The number of hydrogen-bond donors (Lipinski definition) is 5. The van der Waals surface area contributed by atoms with E-state index in [2.05, 4.69) is 5.32 Å². The Morgan fingerprint density at radius 1 is 1.32 bits per heavy atom. The van der Waals surface area contributed by atoms with Crippen molar-refractivity contribution < 1.29 is 9.90 Å². The summed E-state index contributed by atoms with van der Waals surface area (Å²) in [5.41, 5.74) is 20.1. The van der Waals surface area contributed by atoms with Gasteiger partial charge in [0.25, 0.3) is 0 Å². The second kappa shape index (κ2) is 5.90.